The smallest absolute Gasteiger partial charge is 0.395 e. The molecule has 3 rings (SSSR count). The molecule has 0 radical (unpaired) electrons. The van der Waals surface area contributed by atoms with E-state index in [2.05, 4.69) is 4.98 Å². The highest BCUT2D eigenvalue weighted by molar-refractivity contribution is 7.90. The Hall–Kier alpha value is -2.69. The Morgan fingerprint density at radius 1 is 1.29 bits per heavy atom. The van der Waals surface area contributed by atoms with Gasteiger partial charge in [-0.1, -0.05) is 12.1 Å². The number of hydrogen-bond acceptors (Lipinski definition) is 5. The van der Waals surface area contributed by atoms with Crippen LogP contribution >= 0.6 is 0 Å². The summed E-state index contributed by atoms with van der Waals surface area (Å²) in [4.78, 5) is 15.2. The van der Waals surface area contributed by atoms with Crippen LogP contribution in [-0.2, 0) is 9.84 Å². The molecule has 170 valence electrons. The van der Waals surface area contributed by atoms with E-state index in [9.17, 15) is 26.4 Å². The van der Waals surface area contributed by atoms with Gasteiger partial charge in [0.15, 0.2) is 11.5 Å². The van der Waals surface area contributed by atoms with Crippen LogP contribution in [-0.4, -0.2) is 49.9 Å². The van der Waals surface area contributed by atoms with Crippen LogP contribution in [0.25, 0.3) is 12.2 Å². The summed E-state index contributed by atoms with van der Waals surface area (Å²) in [6.07, 6.45) is -1.47. The van der Waals surface area contributed by atoms with Crippen LogP contribution in [0.4, 0.5) is 13.2 Å². The topological polar surface area (TPSA) is 90.4 Å². The van der Waals surface area contributed by atoms with E-state index in [0.29, 0.717) is 23.7 Å². The van der Waals surface area contributed by atoms with Gasteiger partial charge in [0.2, 0.25) is 0 Å². The number of methoxy groups -OCH3 is 1. The Balaban J connectivity index is 2.21. The number of fused-ring (bicyclic) bond motifs is 1. The minimum Gasteiger partial charge on any atom is -0.493 e. The van der Waals surface area contributed by atoms with Crippen LogP contribution in [0.5, 0.6) is 11.5 Å². The Morgan fingerprint density at radius 2 is 2.00 bits per heavy atom. The number of hydrogen-bond donors (Lipinski definition) is 1. The van der Waals surface area contributed by atoms with E-state index in [1.807, 2.05) is 0 Å². The van der Waals surface area contributed by atoms with Crippen LogP contribution in [0.2, 0.25) is 0 Å². The number of halogens is 3. The lowest BCUT2D eigenvalue weighted by atomic mass is 10.0. The molecule has 2 aromatic rings. The minimum absolute atomic E-state index is 0.0237. The van der Waals surface area contributed by atoms with Crippen molar-refractivity contribution in [1.29, 1.82) is 0 Å². The standard InChI is InChI=1S/C20H23F3N2O5S/c1-4-30-18-9-12(5-8-17(18)29-2)16(11-31(3,27)28)25-15-7-6-13(20(21,22)23)10-14(15)24-19(25)26/h5,7-10,13,16H,4,6,11H2,1-3H3,(H,24,26)/t13?,16-/m1/s1. The fourth-order valence-corrected chi connectivity index (χ4v) is 4.55. The molecular formula is C20H23F3N2O5S. The number of nitrogens with one attached hydrogen (secondary N) is 1. The third-order valence-electron chi connectivity index (χ3n) is 4.99. The van der Waals surface area contributed by atoms with Crippen molar-refractivity contribution in [3.8, 4) is 11.5 Å². The summed E-state index contributed by atoms with van der Waals surface area (Å²) in [5.74, 6) is -1.34. The van der Waals surface area contributed by atoms with E-state index in [1.54, 1.807) is 25.1 Å². The number of ether oxygens (including phenoxy) is 2. The molecule has 0 saturated carbocycles. The highest BCUT2D eigenvalue weighted by Gasteiger charge is 2.38. The Kier molecular flexibility index (Phi) is 6.26. The molecule has 1 N–H and O–H groups in total. The molecule has 0 amide bonds. The molecule has 1 aliphatic carbocycles. The molecule has 0 spiro atoms. The van der Waals surface area contributed by atoms with Crippen molar-refractivity contribution in [2.75, 3.05) is 25.7 Å². The largest absolute Gasteiger partial charge is 0.493 e. The van der Waals surface area contributed by atoms with E-state index < -0.39 is 39.4 Å². The Morgan fingerprint density at radius 3 is 2.58 bits per heavy atom. The second-order valence-electron chi connectivity index (χ2n) is 7.31. The molecule has 1 aliphatic rings. The zero-order valence-corrected chi connectivity index (χ0v) is 18.0. The molecule has 0 saturated heterocycles. The van der Waals surface area contributed by atoms with Gasteiger partial charge < -0.3 is 14.5 Å². The number of benzene rings is 1. The van der Waals surface area contributed by atoms with Crippen LogP contribution in [0.1, 0.15) is 24.9 Å². The lowest BCUT2D eigenvalue weighted by Crippen LogP contribution is -2.41. The molecule has 7 nitrogen and oxygen atoms in total. The molecule has 0 bridgehead atoms. The van der Waals surface area contributed by atoms with Crippen LogP contribution in [0, 0.1) is 5.92 Å². The quantitative estimate of drug-likeness (QED) is 0.674. The average Bonchev–Trinajstić information content (AvgIpc) is 2.99. The van der Waals surface area contributed by atoms with Gasteiger partial charge in [0, 0.05) is 6.26 Å². The van der Waals surface area contributed by atoms with Crippen LogP contribution in [0.15, 0.2) is 23.0 Å². The van der Waals surface area contributed by atoms with E-state index in [-0.39, 0.29) is 17.1 Å². The van der Waals surface area contributed by atoms with Crippen LogP contribution in [0.3, 0.4) is 0 Å². The predicted molar refractivity (Wildman–Crippen MR) is 109 cm³/mol. The molecule has 0 fully saturated rings. The summed E-state index contributed by atoms with van der Waals surface area (Å²) in [5.41, 5.74) is -0.243. The number of aromatic amines is 1. The second-order valence-corrected chi connectivity index (χ2v) is 9.49. The van der Waals surface area contributed by atoms with Gasteiger partial charge in [-0.05, 0) is 37.1 Å². The first kappa shape index (κ1) is 23.0. The lowest BCUT2D eigenvalue weighted by molar-refractivity contribution is -0.155. The number of nitrogens with zero attached hydrogens (tertiary/aromatic N) is 1. The first-order chi connectivity index (χ1) is 14.4. The second kappa shape index (κ2) is 8.45. The highest BCUT2D eigenvalue weighted by atomic mass is 32.2. The lowest BCUT2D eigenvalue weighted by Gasteiger charge is -2.21. The first-order valence-electron chi connectivity index (χ1n) is 9.52. The van der Waals surface area contributed by atoms with Crippen molar-refractivity contribution in [3.05, 3.63) is 44.9 Å². The fourth-order valence-electron chi connectivity index (χ4n) is 3.63. The first-order valence-corrected chi connectivity index (χ1v) is 11.6. The predicted octanol–water partition coefficient (Wildman–Crippen LogP) is 1.36. The molecule has 1 unspecified atom stereocenters. The van der Waals surface area contributed by atoms with Crippen LogP contribution < -0.4 is 25.9 Å². The monoisotopic (exact) mass is 460 g/mol. The number of sulfone groups is 1. The van der Waals surface area contributed by atoms with Gasteiger partial charge in [-0.2, -0.15) is 13.2 Å². The van der Waals surface area contributed by atoms with Crippen molar-refractivity contribution in [3.63, 3.8) is 0 Å². The molecular weight excluding hydrogens is 437 g/mol. The fraction of sp³-hybridized carbons (Fsp3) is 0.450. The average molecular weight is 460 g/mol. The molecule has 1 aromatic carbocycles. The molecule has 2 atom stereocenters. The van der Waals surface area contributed by atoms with Gasteiger partial charge in [0.25, 0.3) is 0 Å². The van der Waals surface area contributed by atoms with Crippen molar-refractivity contribution >= 4 is 22.0 Å². The number of aromatic nitrogens is 2. The minimum atomic E-state index is -4.44. The Bertz CT molecular complexity index is 1250. The summed E-state index contributed by atoms with van der Waals surface area (Å²) >= 11 is 0. The van der Waals surface area contributed by atoms with Gasteiger partial charge in [0.05, 0.1) is 42.1 Å². The maximum absolute atomic E-state index is 13.1. The van der Waals surface area contributed by atoms with E-state index in [0.717, 1.165) is 12.3 Å². The molecule has 31 heavy (non-hydrogen) atoms. The third-order valence-corrected chi connectivity index (χ3v) is 5.92. The molecule has 1 heterocycles. The van der Waals surface area contributed by atoms with E-state index >= 15 is 0 Å². The van der Waals surface area contributed by atoms with Gasteiger partial charge in [-0.15, -0.1) is 0 Å². The van der Waals surface area contributed by atoms with Crippen molar-refractivity contribution in [2.24, 2.45) is 5.92 Å². The Labute approximate surface area is 176 Å². The number of rotatable bonds is 7. The van der Waals surface area contributed by atoms with Crippen molar-refractivity contribution in [2.45, 2.75) is 25.6 Å². The van der Waals surface area contributed by atoms with Crippen molar-refractivity contribution in [1.82, 2.24) is 9.55 Å². The van der Waals surface area contributed by atoms with E-state index in [4.69, 9.17) is 9.47 Å². The van der Waals surface area contributed by atoms with Crippen molar-refractivity contribution < 1.29 is 31.1 Å². The van der Waals surface area contributed by atoms with Gasteiger partial charge in [0.1, 0.15) is 9.84 Å². The third kappa shape index (κ3) is 4.97. The van der Waals surface area contributed by atoms with E-state index in [1.165, 1.54) is 17.8 Å². The molecule has 0 aliphatic heterocycles. The van der Waals surface area contributed by atoms with Gasteiger partial charge in [-0.25, -0.2) is 13.2 Å². The van der Waals surface area contributed by atoms with Gasteiger partial charge in [-0.3, -0.25) is 4.57 Å². The zero-order valence-electron chi connectivity index (χ0n) is 17.2. The zero-order chi connectivity index (χ0) is 23.0. The van der Waals surface area contributed by atoms with Gasteiger partial charge >= 0.3 is 11.9 Å². The highest BCUT2D eigenvalue weighted by Crippen LogP contribution is 2.32. The molecule has 1 aromatic heterocycles. The normalized spacial score (nSPS) is 17.3. The summed E-state index contributed by atoms with van der Waals surface area (Å²) in [6, 6.07) is 3.80. The number of alkyl halides is 3. The summed E-state index contributed by atoms with van der Waals surface area (Å²) < 4.78 is 75.7. The SMILES string of the molecule is CCOc1cc([C@@H](CS(C)(=O)=O)n2c(=O)[nH]c3c2=CCC(C(F)(F)F)C=3)ccc1OC. The number of H-pyrrole nitrogens is 1. The summed E-state index contributed by atoms with van der Waals surface area (Å²) in [5, 5.41) is 0.253. The maximum atomic E-state index is 13.1. The summed E-state index contributed by atoms with van der Waals surface area (Å²) in [7, 11) is -2.11. The summed E-state index contributed by atoms with van der Waals surface area (Å²) in [6.45, 7) is 2.10. The molecule has 11 heteroatoms. The maximum Gasteiger partial charge on any atom is 0.395 e. The number of imidazole rings is 1.